The molecule has 4 nitrogen and oxygen atoms in total. The number of benzene rings is 3. The molecule has 0 saturated heterocycles. The lowest BCUT2D eigenvalue weighted by molar-refractivity contribution is 0.309. The maximum atomic E-state index is 12.6. The van der Waals surface area contributed by atoms with Crippen molar-refractivity contribution in [3.8, 4) is 11.1 Å². The van der Waals surface area contributed by atoms with Crippen molar-refractivity contribution in [1.29, 1.82) is 0 Å². The lowest BCUT2D eigenvalue weighted by Crippen LogP contribution is -2.07. The van der Waals surface area contributed by atoms with Gasteiger partial charge in [0, 0.05) is 11.6 Å². The van der Waals surface area contributed by atoms with Gasteiger partial charge in [0.1, 0.15) is 0 Å². The summed E-state index contributed by atoms with van der Waals surface area (Å²) in [6, 6.07) is 25.9. The maximum absolute atomic E-state index is 12.6. The highest BCUT2D eigenvalue weighted by atomic mass is 32.2. The minimum Gasteiger partial charge on any atom is -0.262 e. The Balaban J connectivity index is 1.55. The van der Waals surface area contributed by atoms with E-state index < -0.39 is 10.1 Å². The minimum atomic E-state index is -3.85. The van der Waals surface area contributed by atoms with Crippen LogP contribution in [-0.2, 0) is 20.9 Å². The smallest absolute Gasteiger partial charge is 0.262 e. The van der Waals surface area contributed by atoms with E-state index >= 15 is 0 Å². The fourth-order valence-corrected chi connectivity index (χ4v) is 3.82. The molecule has 0 aliphatic rings. The molecule has 134 valence electrons. The van der Waals surface area contributed by atoms with Crippen molar-refractivity contribution in [2.24, 2.45) is 0 Å². The second-order valence-electron chi connectivity index (χ2n) is 6.09. The van der Waals surface area contributed by atoms with E-state index in [-0.39, 0.29) is 11.5 Å². The molecule has 0 fully saturated rings. The number of aromatic nitrogens is 1. The molecule has 1 heterocycles. The number of hydrogen-bond acceptors (Lipinski definition) is 4. The van der Waals surface area contributed by atoms with E-state index in [0.29, 0.717) is 0 Å². The predicted octanol–water partition coefficient (Wildman–Crippen LogP) is 4.81. The Labute approximate surface area is 158 Å². The second-order valence-corrected chi connectivity index (χ2v) is 7.71. The van der Waals surface area contributed by atoms with Gasteiger partial charge in [0.15, 0.2) is 0 Å². The van der Waals surface area contributed by atoms with Gasteiger partial charge in [0.25, 0.3) is 10.1 Å². The number of para-hydroxylation sites is 1. The highest BCUT2D eigenvalue weighted by Crippen LogP contribution is 2.23. The van der Waals surface area contributed by atoms with Gasteiger partial charge in [0.05, 0.1) is 17.0 Å². The van der Waals surface area contributed by atoms with E-state index in [1.807, 2.05) is 54.6 Å². The molecule has 0 bridgehead atoms. The molecule has 4 rings (SSSR count). The molecule has 0 unspecified atom stereocenters. The molecule has 3 aromatic carbocycles. The van der Waals surface area contributed by atoms with Crippen LogP contribution in [-0.4, -0.2) is 13.4 Å². The molecule has 0 amide bonds. The van der Waals surface area contributed by atoms with E-state index in [9.17, 15) is 8.42 Å². The van der Waals surface area contributed by atoms with Gasteiger partial charge in [-0.2, -0.15) is 8.42 Å². The van der Waals surface area contributed by atoms with Crippen molar-refractivity contribution < 1.29 is 12.6 Å². The zero-order valence-corrected chi connectivity index (χ0v) is 15.3. The monoisotopic (exact) mass is 375 g/mol. The topological polar surface area (TPSA) is 56.3 Å². The van der Waals surface area contributed by atoms with Crippen molar-refractivity contribution >= 4 is 21.0 Å². The molecule has 0 spiro atoms. The zero-order valence-electron chi connectivity index (χ0n) is 14.4. The summed E-state index contributed by atoms with van der Waals surface area (Å²) in [6.07, 6.45) is 1.66. The summed E-state index contributed by atoms with van der Waals surface area (Å²) in [4.78, 5) is 4.42. The lowest BCUT2D eigenvalue weighted by Gasteiger charge is -2.09. The van der Waals surface area contributed by atoms with Gasteiger partial charge in [0.2, 0.25) is 0 Å². The third-order valence-corrected chi connectivity index (χ3v) is 5.64. The van der Waals surface area contributed by atoms with Crippen LogP contribution in [0.4, 0.5) is 0 Å². The maximum Gasteiger partial charge on any atom is 0.297 e. The van der Waals surface area contributed by atoms with Crippen LogP contribution in [0.15, 0.2) is 96.0 Å². The fourth-order valence-electron chi connectivity index (χ4n) is 2.93. The Bertz CT molecular complexity index is 1170. The van der Waals surface area contributed by atoms with Gasteiger partial charge >= 0.3 is 0 Å². The summed E-state index contributed by atoms with van der Waals surface area (Å²) < 4.78 is 30.4. The summed E-state index contributed by atoms with van der Waals surface area (Å²) in [5.74, 6) is 0. The first-order valence-corrected chi connectivity index (χ1v) is 9.92. The zero-order chi connectivity index (χ0) is 18.7. The summed E-state index contributed by atoms with van der Waals surface area (Å²) in [5.41, 5.74) is 3.58. The Morgan fingerprint density at radius 2 is 1.41 bits per heavy atom. The Morgan fingerprint density at radius 1 is 0.741 bits per heavy atom. The van der Waals surface area contributed by atoms with Crippen LogP contribution in [0.25, 0.3) is 22.0 Å². The normalized spacial score (nSPS) is 11.6. The van der Waals surface area contributed by atoms with Gasteiger partial charge < -0.3 is 0 Å². The third kappa shape index (κ3) is 3.74. The molecule has 27 heavy (non-hydrogen) atoms. The summed E-state index contributed by atoms with van der Waals surface area (Å²) >= 11 is 0. The first-order chi connectivity index (χ1) is 13.1. The standard InChI is InChI=1S/C22H17NO3S/c24-27(25,20-12-10-18(11-13-20)17-6-2-1-3-7-17)26-16-19-14-15-23-22-9-5-4-8-21(19)22/h1-15H,16H2. The van der Waals surface area contributed by atoms with Crippen molar-refractivity contribution in [2.45, 2.75) is 11.5 Å². The largest absolute Gasteiger partial charge is 0.297 e. The van der Waals surface area contributed by atoms with Gasteiger partial charge in [-0.05, 0) is 41.0 Å². The van der Waals surface area contributed by atoms with Crippen LogP contribution in [0.2, 0.25) is 0 Å². The van der Waals surface area contributed by atoms with Crippen LogP contribution in [0, 0.1) is 0 Å². The van der Waals surface area contributed by atoms with E-state index in [4.69, 9.17) is 4.18 Å². The number of rotatable bonds is 5. The highest BCUT2D eigenvalue weighted by molar-refractivity contribution is 7.86. The van der Waals surface area contributed by atoms with Crippen molar-refractivity contribution in [3.63, 3.8) is 0 Å². The molecule has 1 aromatic heterocycles. The third-order valence-electron chi connectivity index (χ3n) is 4.36. The fraction of sp³-hybridized carbons (Fsp3) is 0.0455. The van der Waals surface area contributed by atoms with E-state index in [1.165, 1.54) is 0 Å². The number of nitrogens with zero attached hydrogens (tertiary/aromatic N) is 1. The molecule has 0 radical (unpaired) electrons. The molecule has 5 heteroatoms. The Hall–Kier alpha value is -3.02. The predicted molar refractivity (Wildman–Crippen MR) is 106 cm³/mol. The van der Waals surface area contributed by atoms with Crippen LogP contribution < -0.4 is 0 Å². The first kappa shape index (κ1) is 17.4. The number of hydrogen-bond donors (Lipinski definition) is 0. The molecule has 0 N–H and O–H groups in total. The average molecular weight is 375 g/mol. The van der Waals surface area contributed by atoms with Gasteiger partial charge in [-0.1, -0.05) is 60.7 Å². The summed E-state index contributed by atoms with van der Waals surface area (Å²) in [5, 5.41) is 0.884. The second kappa shape index (κ2) is 7.31. The molecule has 0 saturated carbocycles. The van der Waals surface area contributed by atoms with Crippen LogP contribution in [0.3, 0.4) is 0 Å². The van der Waals surface area contributed by atoms with Crippen molar-refractivity contribution in [3.05, 3.63) is 96.7 Å². The molecule has 0 aliphatic carbocycles. The summed E-state index contributed by atoms with van der Waals surface area (Å²) in [6.45, 7) is -0.0359. The molecule has 0 atom stereocenters. The molecule has 0 aliphatic heterocycles. The molecular formula is C22H17NO3S. The molecule has 4 aromatic rings. The van der Waals surface area contributed by atoms with Crippen molar-refractivity contribution in [2.75, 3.05) is 0 Å². The van der Waals surface area contributed by atoms with Crippen LogP contribution in [0.1, 0.15) is 5.56 Å². The van der Waals surface area contributed by atoms with Gasteiger partial charge in [-0.25, -0.2) is 0 Å². The highest BCUT2D eigenvalue weighted by Gasteiger charge is 2.16. The Kier molecular flexibility index (Phi) is 4.71. The lowest BCUT2D eigenvalue weighted by atomic mass is 10.1. The first-order valence-electron chi connectivity index (χ1n) is 8.51. The van der Waals surface area contributed by atoms with E-state index in [1.54, 1.807) is 36.5 Å². The van der Waals surface area contributed by atoms with Gasteiger partial charge in [-0.15, -0.1) is 0 Å². The van der Waals surface area contributed by atoms with Crippen molar-refractivity contribution in [1.82, 2.24) is 4.98 Å². The van der Waals surface area contributed by atoms with Crippen LogP contribution in [0.5, 0.6) is 0 Å². The molecular weight excluding hydrogens is 358 g/mol. The summed E-state index contributed by atoms with van der Waals surface area (Å²) in [7, 11) is -3.85. The minimum absolute atomic E-state index is 0.0359. The van der Waals surface area contributed by atoms with Crippen LogP contribution >= 0.6 is 0 Å². The number of fused-ring (bicyclic) bond motifs is 1. The average Bonchev–Trinajstić information content (AvgIpc) is 2.73. The SMILES string of the molecule is O=S(=O)(OCc1ccnc2ccccc12)c1ccc(-c2ccccc2)cc1. The van der Waals surface area contributed by atoms with Gasteiger partial charge in [-0.3, -0.25) is 9.17 Å². The van der Waals surface area contributed by atoms with E-state index in [0.717, 1.165) is 27.6 Å². The van der Waals surface area contributed by atoms with E-state index in [2.05, 4.69) is 4.98 Å². The quantitative estimate of drug-likeness (QED) is 0.470. The Morgan fingerprint density at radius 3 is 2.19 bits per heavy atom. The number of pyridine rings is 1.